The molecule has 6 aromatic rings. The zero-order valence-electron chi connectivity index (χ0n) is 27.7. The van der Waals surface area contributed by atoms with Gasteiger partial charge in [-0.1, -0.05) is 66.7 Å². The number of ether oxygens (including phenoxy) is 3. The number of hydrogen-bond acceptors (Lipinski definition) is 7. The first-order valence-corrected chi connectivity index (χ1v) is 17.0. The molecule has 0 bridgehead atoms. The summed E-state index contributed by atoms with van der Waals surface area (Å²) in [6.07, 6.45) is 5.93. The Bertz CT molecular complexity index is 1890. The van der Waals surface area contributed by atoms with Crippen LogP contribution < -0.4 is 9.47 Å². The van der Waals surface area contributed by atoms with Gasteiger partial charge in [0.1, 0.15) is 34.2 Å². The topological polar surface area (TPSA) is 97.7 Å². The summed E-state index contributed by atoms with van der Waals surface area (Å²) >= 11 is 0. The van der Waals surface area contributed by atoms with Gasteiger partial charge in [-0.25, -0.2) is 0 Å². The molecule has 0 radical (unpaired) electrons. The zero-order chi connectivity index (χ0) is 33.8. The van der Waals surface area contributed by atoms with Crippen LogP contribution in [0.3, 0.4) is 0 Å². The first-order valence-electron chi connectivity index (χ1n) is 17.0. The fourth-order valence-electron chi connectivity index (χ4n) is 5.58. The highest BCUT2D eigenvalue weighted by atomic mass is 16.6. The Morgan fingerprint density at radius 2 is 1.16 bits per heavy atom. The lowest BCUT2D eigenvalue weighted by atomic mass is 10.0. The smallest absolute Gasteiger partial charge is 0.138 e. The van der Waals surface area contributed by atoms with Crippen LogP contribution >= 0.6 is 0 Å². The molecule has 0 amide bonds. The third kappa shape index (κ3) is 9.63. The number of benzene rings is 4. The number of rotatable bonds is 16. The summed E-state index contributed by atoms with van der Waals surface area (Å²) in [5, 5.41) is 21.0. The summed E-state index contributed by atoms with van der Waals surface area (Å²) in [5.41, 5.74) is 3.73. The van der Waals surface area contributed by atoms with Crippen LogP contribution in [-0.4, -0.2) is 49.4 Å². The Hall–Kier alpha value is -4.82. The molecule has 2 N–H and O–H groups in total. The van der Waals surface area contributed by atoms with Gasteiger partial charge in [0.25, 0.3) is 0 Å². The summed E-state index contributed by atoms with van der Waals surface area (Å²) in [5.74, 6) is 3.48. The van der Waals surface area contributed by atoms with E-state index in [9.17, 15) is 10.2 Å². The van der Waals surface area contributed by atoms with Gasteiger partial charge in [0.2, 0.25) is 0 Å². The summed E-state index contributed by atoms with van der Waals surface area (Å²) in [7, 11) is 0. The van der Waals surface area contributed by atoms with E-state index in [1.165, 1.54) is 0 Å². The van der Waals surface area contributed by atoms with E-state index in [-0.39, 0.29) is 25.0 Å². The van der Waals surface area contributed by atoms with E-state index in [2.05, 4.69) is 6.58 Å². The van der Waals surface area contributed by atoms with Crippen molar-refractivity contribution in [2.45, 2.75) is 31.8 Å². The van der Waals surface area contributed by atoms with E-state index < -0.39 is 0 Å². The van der Waals surface area contributed by atoms with Crippen molar-refractivity contribution in [3.8, 4) is 34.1 Å². The van der Waals surface area contributed by atoms with E-state index in [4.69, 9.17) is 23.0 Å². The van der Waals surface area contributed by atoms with E-state index >= 15 is 0 Å². The highest BCUT2D eigenvalue weighted by Gasteiger charge is 2.23. The Kier molecular flexibility index (Phi) is 11.8. The second-order valence-corrected chi connectivity index (χ2v) is 12.5. The largest absolute Gasteiger partial charge is 0.493 e. The van der Waals surface area contributed by atoms with Crippen LogP contribution in [0.2, 0.25) is 0 Å². The average molecular weight is 661 g/mol. The average Bonchev–Trinajstić information content (AvgIpc) is 3.73. The third-order valence-corrected chi connectivity index (χ3v) is 8.67. The van der Waals surface area contributed by atoms with Gasteiger partial charge in [0, 0.05) is 59.1 Å². The van der Waals surface area contributed by atoms with Gasteiger partial charge in [-0.05, 0) is 62.1 Å². The van der Waals surface area contributed by atoms with Gasteiger partial charge < -0.3 is 33.3 Å². The first-order chi connectivity index (χ1) is 24.1. The minimum atomic E-state index is 0.120. The molecule has 7 nitrogen and oxygen atoms in total. The van der Waals surface area contributed by atoms with Crippen molar-refractivity contribution in [2.75, 3.05) is 33.0 Å². The van der Waals surface area contributed by atoms with Crippen LogP contribution in [-0.2, 0) is 4.74 Å². The summed E-state index contributed by atoms with van der Waals surface area (Å²) < 4.78 is 28.8. The molecule has 0 spiro atoms. The Balaban J connectivity index is 0.000000170. The van der Waals surface area contributed by atoms with Crippen molar-refractivity contribution in [3.05, 3.63) is 122 Å². The minimum absolute atomic E-state index is 0.120. The molecular formula is C42H44O7. The summed E-state index contributed by atoms with van der Waals surface area (Å²) in [6, 6.07) is 35.9. The standard InChI is InChI=1S/C21H22O4.C21H22O3/c22-12-15(6-8-19-14-24-19)13-23-18-9-7-17-10-20(25-21(17)11-18)16-4-2-1-3-5-16;1-2-3-7-16(14-22)15-23-19-11-10-18-12-20(24-21(18)13-19)17-8-5-4-6-9-17/h1-5,7,9-11,15,19,22H,6,8,12-14H2;2,4-6,8-13,16,22H,1,3,7,14-15H2. The van der Waals surface area contributed by atoms with E-state index in [0.29, 0.717) is 19.3 Å². The molecule has 254 valence electrons. The Morgan fingerprint density at radius 3 is 1.61 bits per heavy atom. The van der Waals surface area contributed by atoms with E-state index in [0.717, 1.165) is 88.4 Å². The molecule has 1 saturated heterocycles. The molecule has 0 saturated carbocycles. The maximum absolute atomic E-state index is 9.50. The maximum atomic E-state index is 9.50. The van der Waals surface area contributed by atoms with Crippen molar-refractivity contribution in [1.82, 2.24) is 0 Å². The fourth-order valence-corrected chi connectivity index (χ4v) is 5.58. The predicted octanol–water partition coefficient (Wildman–Crippen LogP) is 9.32. The van der Waals surface area contributed by atoms with Gasteiger partial charge >= 0.3 is 0 Å². The van der Waals surface area contributed by atoms with Gasteiger partial charge in [0.15, 0.2) is 0 Å². The molecule has 3 atom stereocenters. The Morgan fingerprint density at radius 1 is 0.673 bits per heavy atom. The molecular weight excluding hydrogens is 616 g/mol. The van der Waals surface area contributed by atoms with Gasteiger partial charge in [-0.15, -0.1) is 6.58 Å². The van der Waals surface area contributed by atoms with Gasteiger partial charge in [-0.3, -0.25) is 0 Å². The minimum Gasteiger partial charge on any atom is -0.493 e. The second kappa shape index (κ2) is 17.0. The number of aliphatic hydroxyl groups excluding tert-OH is 2. The quantitative estimate of drug-likeness (QED) is 0.0789. The molecule has 1 aliphatic rings. The van der Waals surface area contributed by atoms with Crippen molar-refractivity contribution >= 4 is 21.9 Å². The number of aliphatic hydroxyl groups is 2. The lowest BCUT2D eigenvalue weighted by Gasteiger charge is -2.14. The molecule has 49 heavy (non-hydrogen) atoms. The Labute approximate surface area is 287 Å². The first kappa shape index (κ1) is 34.1. The molecule has 1 fully saturated rings. The zero-order valence-corrected chi connectivity index (χ0v) is 27.7. The molecule has 4 aromatic carbocycles. The van der Waals surface area contributed by atoms with Crippen LogP contribution in [0.4, 0.5) is 0 Å². The van der Waals surface area contributed by atoms with Crippen LogP contribution in [0.5, 0.6) is 11.5 Å². The highest BCUT2D eigenvalue weighted by Crippen LogP contribution is 2.32. The maximum Gasteiger partial charge on any atom is 0.138 e. The van der Waals surface area contributed by atoms with E-state index in [1.807, 2.05) is 115 Å². The lowest BCUT2D eigenvalue weighted by molar-refractivity contribution is 0.152. The number of epoxide rings is 1. The molecule has 7 rings (SSSR count). The van der Waals surface area contributed by atoms with Crippen molar-refractivity contribution in [2.24, 2.45) is 11.8 Å². The highest BCUT2D eigenvalue weighted by molar-refractivity contribution is 5.84. The summed E-state index contributed by atoms with van der Waals surface area (Å²) in [4.78, 5) is 0. The van der Waals surface area contributed by atoms with Crippen molar-refractivity contribution in [1.29, 1.82) is 0 Å². The predicted molar refractivity (Wildman–Crippen MR) is 194 cm³/mol. The van der Waals surface area contributed by atoms with Crippen LogP contribution in [0.25, 0.3) is 44.6 Å². The van der Waals surface area contributed by atoms with Crippen molar-refractivity contribution in [3.63, 3.8) is 0 Å². The van der Waals surface area contributed by atoms with E-state index in [1.54, 1.807) is 0 Å². The number of hydrogen-bond donors (Lipinski definition) is 2. The molecule has 7 heteroatoms. The van der Waals surface area contributed by atoms with Gasteiger partial charge in [-0.2, -0.15) is 0 Å². The number of furan rings is 2. The molecule has 3 heterocycles. The molecule has 3 unspecified atom stereocenters. The molecule has 0 aliphatic carbocycles. The van der Waals surface area contributed by atoms with Crippen LogP contribution in [0, 0.1) is 11.8 Å². The number of fused-ring (bicyclic) bond motifs is 2. The van der Waals surface area contributed by atoms with Crippen LogP contribution in [0.1, 0.15) is 25.7 Å². The SMILES string of the molecule is C=CCCC(CO)COc1ccc2cc(-c3ccccc3)oc2c1.OCC(CCC1CO1)COc1ccc2cc(-c3ccccc3)oc2c1. The number of allylic oxidation sites excluding steroid dienone is 1. The second-order valence-electron chi connectivity index (χ2n) is 12.5. The monoisotopic (exact) mass is 660 g/mol. The summed E-state index contributed by atoms with van der Waals surface area (Å²) in [6.45, 7) is 5.81. The third-order valence-electron chi connectivity index (χ3n) is 8.67. The fraction of sp³-hybridized carbons (Fsp3) is 0.286. The van der Waals surface area contributed by atoms with Crippen molar-refractivity contribution < 1.29 is 33.3 Å². The lowest BCUT2D eigenvalue weighted by Crippen LogP contribution is -2.16. The molecule has 2 aromatic heterocycles. The van der Waals surface area contributed by atoms with Gasteiger partial charge in [0.05, 0.1) is 25.9 Å². The normalized spacial score (nSPS) is 14.9. The van der Waals surface area contributed by atoms with Crippen LogP contribution in [0.15, 0.2) is 131 Å². The molecule has 1 aliphatic heterocycles.